The van der Waals surface area contributed by atoms with Gasteiger partial charge in [0.05, 0.1) is 18.2 Å². The van der Waals surface area contributed by atoms with E-state index in [1.165, 1.54) is 0 Å². The first kappa shape index (κ1) is 24.2. The van der Waals surface area contributed by atoms with E-state index in [2.05, 4.69) is 29.9 Å². The average molecular weight is 415 g/mol. The molecule has 31 heavy (non-hydrogen) atoms. The second-order valence-corrected chi connectivity index (χ2v) is 7.22. The molecule has 2 atom stereocenters. The van der Waals surface area contributed by atoms with Crippen molar-refractivity contribution < 1.29 is 4.52 Å². The Labute approximate surface area is 187 Å². The molecule has 0 spiro atoms. The van der Waals surface area contributed by atoms with Crippen molar-refractivity contribution in [3.05, 3.63) is 95.9 Å². The van der Waals surface area contributed by atoms with Gasteiger partial charge in [0.25, 0.3) is 0 Å². The summed E-state index contributed by atoms with van der Waals surface area (Å²) in [5.41, 5.74) is 4.19. The molecule has 4 rings (SSSR count). The third-order valence-electron chi connectivity index (χ3n) is 5.32. The van der Waals surface area contributed by atoms with Crippen LogP contribution >= 0.6 is 0 Å². The molecule has 3 nitrogen and oxygen atoms in total. The van der Waals surface area contributed by atoms with Crippen molar-refractivity contribution in [1.29, 1.82) is 5.26 Å². The number of benzene rings is 2. The number of rotatable bonds is 7. The van der Waals surface area contributed by atoms with Gasteiger partial charge in [-0.25, -0.2) is 0 Å². The maximum absolute atomic E-state index is 10.00. The molecule has 1 saturated carbocycles. The van der Waals surface area contributed by atoms with Crippen molar-refractivity contribution >= 4 is 5.57 Å². The Morgan fingerprint density at radius 2 is 1.55 bits per heavy atom. The summed E-state index contributed by atoms with van der Waals surface area (Å²) < 4.78 is 5.49. The molecular formula is C28H34N2O. The Kier molecular flexibility index (Phi) is 9.78. The molecule has 0 radical (unpaired) electrons. The summed E-state index contributed by atoms with van der Waals surface area (Å²) in [5.74, 6) is 1.22. The summed E-state index contributed by atoms with van der Waals surface area (Å²) >= 11 is 0. The van der Waals surface area contributed by atoms with Crippen molar-refractivity contribution in [1.82, 2.24) is 5.16 Å². The molecule has 0 amide bonds. The SMILES string of the molecule is C=C(CC(c1ccccc1)C(C#N)c1ccccc1)c1cnoc1C1CC1.CC.CC. The molecule has 1 fully saturated rings. The van der Waals surface area contributed by atoms with Crippen molar-refractivity contribution in [3.63, 3.8) is 0 Å². The Hall–Kier alpha value is -3.12. The van der Waals surface area contributed by atoms with Crippen molar-refractivity contribution in [2.45, 2.75) is 64.7 Å². The van der Waals surface area contributed by atoms with Crippen molar-refractivity contribution in [2.24, 2.45) is 0 Å². The maximum Gasteiger partial charge on any atom is 0.147 e. The van der Waals surface area contributed by atoms with Gasteiger partial charge in [-0.05, 0) is 36.0 Å². The second kappa shape index (κ2) is 12.5. The largest absolute Gasteiger partial charge is 0.360 e. The van der Waals surface area contributed by atoms with E-state index in [9.17, 15) is 5.26 Å². The van der Waals surface area contributed by atoms with Crippen molar-refractivity contribution in [3.8, 4) is 6.07 Å². The number of aromatic nitrogens is 1. The lowest BCUT2D eigenvalue weighted by atomic mass is 9.78. The van der Waals surface area contributed by atoms with Crippen LogP contribution < -0.4 is 0 Å². The zero-order chi connectivity index (χ0) is 22.6. The minimum Gasteiger partial charge on any atom is -0.360 e. The lowest BCUT2D eigenvalue weighted by molar-refractivity contribution is 0.384. The molecule has 2 aromatic carbocycles. The summed E-state index contributed by atoms with van der Waals surface area (Å²) in [4.78, 5) is 0. The summed E-state index contributed by atoms with van der Waals surface area (Å²) in [6, 6.07) is 22.8. The molecule has 0 bridgehead atoms. The van der Waals surface area contributed by atoms with Crippen LogP contribution in [-0.2, 0) is 0 Å². The molecular weight excluding hydrogens is 380 g/mol. The summed E-state index contributed by atoms with van der Waals surface area (Å²) in [7, 11) is 0. The van der Waals surface area contributed by atoms with Gasteiger partial charge < -0.3 is 4.52 Å². The van der Waals surface area contributed by atoms with Gasteiger partial charge in [0, 0.05) is 17.4 Å². The Balaban J connectivity index is 0.000000807. The lowest BCUT2D eigenvalue weighted by Gasteiger charge is -2.24. The van der Waals surface area contributed by atoms with E-state index in [-0.39, 0.29) is 11.8 Å². The van der Waals surface area contributed by atoms with Gasteiger partial charge in [-0.1, -0.05) is 100 Å². The van der Waals surface area contributed by atoms with Crippen LogP contribution in [-0.4, -0.2) is 5.16 Å². The molecule has 1 aliphatic rings. The monoisotopic (exact) mass is 414 g/mol. The topological polar surface area (TPSA) is 49.8 Å². The van der Waals surface area contributed by atoms with Gasteiger partial charge in [0.2, 0.25) is 0 Å². The highest BCUT2D eigenvalue weighted by atomic mass is 16.5. The first-order valence-corrected chi connectivity index (χ1v) is 11.4. The molecule has 1 heterocycles. The van der Waals surface area contributed by atoms with Crippen LogP contribution in [0.1, 0.15) is 87.2 Å². The molecule has 0 aliphatic heterocycles. The smallest absolute Gasteiger partial charge is 0.147 e. The quantitative estimate of drug-likeness (QED) is 0.392. The molecule has 1 aliphatic carbocycles. The fourth-order valence-corrected chi connectivity index (χ4v) is 3.72. The summed E-state index contributed by atoms with van der Waals surface area (Å²) in [6.07, 6.45) is 4.78. The van der Waals surface area contributed by atoms with E-state index >= 15 is 0 Å². The van der Waals surface area contributed by atoms with Gasteiger partial charge in [0.1, 0.15) is 5.76 Å². The first-order chi connectivity index (χ1) is 15.3. The van der Waals surface area contributed by atoms with Gasteiger partial charge in [-0.3, -0.25) is 0 Å². The van der Waals surface area contributed by atoms with Crippen LogP contribution in [0.5, 0.6) is 0 Å². The van der Waals surface area contributed by atoms with Crippen molar-refractivity contribution in [2.75, 3.05) is 0 Å². The summed E-state index contributed by atoms with van der Waals surface area (Å²) in [5, 5.41) is 14.0. The normalized spacial score (nSPS) is 14.0. The van der Waals surface area contributed by atoms with E-state index < -0.39 is 0 Å². The molecule has 162 valence electrons. The predicted octanol–water partition coefficient (Wildman–Crippen LogP) is 8.10. The van der Waals surface area contributed by atoms with Crippen LogP contribution in [0.4, 0.5) is 0 Å². The lowest BCUT2D eigenvalue weighted by Crippen LogP contribution is -2.11. The van der Waals surface area contributed by atoms with E-state index in [4.69, 9.17) is 4.52 Å². The highest BCUT2D eigenvalue weighted by Gasteiger charge is 2.32. The van der Waals surface area contributed by atoms with Gasteiger partial charge >= 0.3 is 0 Å². The first-order valence-electron chi connectivity index (χ1n) is 11.4. The average Bonchev–Trinajstić information content (AvgIpc) is 3.58. The second-order valence-electron chi connectivity index (χ2n) is 7.22. The molecule has 2 unspecified atom stereocenters. The van der Waals surface area contributed by atoms with Crippen LogP contribution in [0.25, 0.3) is 5.57 Å². The van der Waals surface area contributed by atoms with Crippen LogP contribution in [0.15, 0.2) is 78.0 Å². The fraction of sp³-hybridized carbons (Fsp3) is 0.357. The minimum atomic E-state index is -0.241. The standard InChI is InChI=1S/C24H22N2O.2C2H6/c1-17(23-16-26-27-24(23)20-12-13-20)14-21(18-8-4-2-5-9-18)22(15-25)19-10-6-3-7-11-19;2*1-2/h2-11,16,20-22H,1,12-14H2;2*1-2H3. The zero-order valence-electron chi connectivity index (χ0n) is 19.2. The van der Waals surface area contributed by atoms with Crippen LogP contribution in [0.3, 0.4) is 0 Å². The van der Waals surface area contributed by atoms with E-state index in [1.807, 2.05) is 76.2 Å². The highest BCUT2D eigenvalue weighted by molar-refractivity contribution is 5.66. The molecule has 1 aromatic heterocycles. The number of nitrogens with zero attached hydrogens (tertiary/aromatic N) is 2. The number of nitriles is 1. The third kappa shape index (κ3) is 6.18. The minimum absolute atomic E-state index is 0.0213. The number of allylic oxidation sites excluding steroid dienone is 1. The summed E-state index contributed by atoms with van der Waals surface area (Å²) in [6.45, 7) is 12.3. The van der Waals surface area contributed by atoms with Crippen LogP contribution in [0.2, 0.25) is 0 Å². The Morgan fingerprint density at radius 3 is 2.06 bits per heavy atom. The fourth-order valence-electron chi connectivity index (χ4n) is 3.72. The van der Waals surface area contributed by atoms with E-state index in [1.54, 1.807) is 6.20 Å². The van der Waals surface area contributed by atoms with E-state index in [0.29, 0.717) is 12.3 Å². The molecule has 0 saturated heterocycles. The molecule has 0 N–H and O–H groups in total. The molecule has 3 aromatic rings. The van der Waals surface area contributed by atoms with E-state index in [0.717, 1.165) is 40.9 Å². The highest BCUT2D eigenvalue weighted by Crippen LogP contribution is 2.45. The van der Waals surface area contributed by atoms with Crippen LogP contribution in [0, 0.1) is 11.3 Å². The Morgan fingerprint density at radius 1 is 1.00 bits per heavy atom. The Bertz CT molecular complexity index is 949. The van der Waals surface area contributed by atoms with Gasteiger partial charge in [0.15, 0.2) is 0 Å². The number of hydrogen-bond acceptors (Lipinski definition) is 3. The third-order valence-corrected chi connectivity index (χ3v) is 5.32. The predicted molar refractivity (Wildman–Crippen MR) is 129 cm³/mol. The van der Waals surface area contributed by atoms with Gasteiger partial charge in [-0.15, -0.1) is 0 Å². The number of hydrogen-bond donors (Lipinski definition) is 0. The van der Waals surface area contributed by atoms with Gasteiger partial charge in [-0.2, -0.15) is 5.26 Å². The maximum atomic E-state index is 10.00. The zero-order valence-corrected chi connectivity index (χ0v) is 19.2. The molecule has 3 heteroatoms.